The Morgan fingerprint density at radius 3 is 2.20 bits per heavy atom. The highest BCUT2D eigenvalue weighted by Gasteiger charge is 1.77. The first-order chi connectivity index (χ1) is 7.18. The lowest BCUT2D eigenvalue weighted by Crippen LogP contribution is -2.19. The van der Waals surface area contributed by atoms with E-state index in [1.54, 1.807) is 6.07 Å². The number of aromatic nitrogens is 4. The van der Waals surface area contributed by atoms with Crippen molar-refractivity contribution >= 4 is 0 Å². The second-order valence-electron chi connectivity index (χ2n) is 2.38. The van der Waals surface area contributed by atoms with Crippen LogP contribution in [0.1, 0.15) is 0 Å². The van der Waals surface area contributed by atoms with Crippen LogP contribution >= 0.6 is 0 Å². The van der Waals surface area contributed by atoms with E-state index in [1.807, 2.05) is 4.98 Å². The van der Waals surface area contributed by atoms with Crippen molar-refractivity contribution in [2.24, 2.45) is 0 Å². The van der Waals surface area contributed by atoms with E-state index in [9.17, 15) is 14.4 Å². The van der Waals surface area contributed by atoms with Gasteiger partial charge in [-0.1, -0.05) is 0 Å². The molecule has 3 N–H and O–H groups in total. The van der Waals surface area contributed by atoms with Crippen molar-refractivity contribution in [3.63, 3.8) is 0 Å². The molecule has 7 nitrogen and oxygen atoms in total. The van der Waals surface area contributed by atoms with Crippen LogP contribution in [0.5, 0.6) is 0 Å². The number of hydrogen-bond acceptors (Lipinski definition) is 4. The van der Waals surface area contributed by atoms with Crippen molar-refractivity contribution in [3.05, 3.63) is 62.0 Å². The van der Waals surface area contributed by atoms with Gasteiger partial charge in [0.1, 0.15) is 0 Å². The van der Waals surface area contributed by atoms with Crippen molar-refractivity contribution < 1.29 is 0 Å². The van der Waals surface area contributed by atoms with Gasteiger partial charge in [0, 0.05) is 24.7 Å². The molecule has 7 heteroatoms. The monoisotopic (exact) mass is 208 g/mol. The standard InChI is InChI=1S/C4H4N2O2.C4H4N2O/c7-3-1-2-5-4(8)6-3;7-4-5-2-1-3-6-4/h1-2H,(H2,5,6,7,8);1-3H,(H,5,6,7). The molecule has 0 atom stereocenters. The third kappa shape index (κ3) is 4.36. The van der Waals surface area contributed by atoms with Gasteiger partial charge in [-0.25, -0.2) is 14.6 Å². The first kappa shape index (κ1) is 10.6. The van der Waals surface area contributed by atoms with Crippen molar-refractivity contribution in [2.45, 2.75) is 0 Å². The van der Waals surface area contributed by atoms with Gasteiger partial charge in [0.15, 0.2) is 0 Å². The topological polar surface area (TPSA) is 111 Å². The lowest BCUT2D eigenvalue weighted by Gasteiger charge is -1.75. The fourth-order valence-electron chi connectivity index (χ4n) is 0.693. The van der Waals surface area contributed by atoms with E-state index in [4.69, 9.17) is 0 Å². The third-order valence-electron chi connectivity index (χ3n) is 1.27. The molecule has 0 amide bonds. The van der Waals surface area contributed by atoms with Gasteiger partial charge >= 0.3 is 11.4 Å². The van der Waals surface area contributed by atoms with Crippen LogP contribution in [0.2, 0.25) is 0 Å². The molecule has 2 rings (SSSR count). The molecule has 0 fully saturated rings. The van der Waals surface area contributed by atoms with Gasteiger partial charge in [0.05, 0.1) is 0 Å². The van der Waals surface area contributed by atoms with Crippen LogP contribution in [0.15, 0.2) is 45.1 Å². The average molecular weight is 208 g/mol. The maximum atomic E-state index is 10.2. The van der Waals surface area contributed by atoms with E-state index in [0.29, 0.717) is 0 Å². The molecule has 2 aromatic heterocycles. The number of H-pyrrole nitrogens is 3. The Balaban J connectivity index is 0.000000151. The maximum absolute atomic E-state index is 10.2. The molecule has 0 aliphatic heterocycles. The number of nitrogens with one attached hydrogen (secondary N) is 3. The predicted molar refractivity (Wildman–Crippen MR) is 52.5 cm³/mol. The smallest absolute Gasteiger partial charge is 0.314 e. The quantitative estimate of drug-likeness (QED) is 0.506. The van der Waals surface area contributed by atoms with Crippen LogP contribution < -0.4 is 16.9 Å². The lowest BCUT2D eigenvalue weighted by molar-refractivity contribution is 1.04. The molecule has 78 valence electrons. The second kappa shape index (κ2) is 5.32. The Morgan fingerprint density at radius 1 is 1.07 bits per heavy atom. The summed E-state index contributed by atoms with van der Waals surface area (Å²) < 4.78 is 0. The number of hydrogen-bond donors (Lipinski definition) is 3. The van der Waals surface area contributed by atoms with Crippen LogP contribution in [-0.2, 0) is 0 Å². The molecular formula is C8H8N4O3. The molecule has 2 aromatic rings. The Bertz CT molecular complexity index is 526. The summed E-state index contributed by atoms with van der Waals surface area (Å²) in [6, 6.07) is 2.89. The highest BCUT2D eigenvalue weighted by atomic mass is 16.2. The molecule has 0 aromatic carbocycles. The van der Waals surface area contributed by atoms with E-state index in [2.05, 4.69) is 15.0 Å². The summed E-state index contributed by atoms with van der Waals surface area (Å²) in [4.78, 5) is 40.5. The summed E-state index contributed by atoms with van der Waals surface area (Å²) in [5.41, 5.74) is -1.16. The van der Waals surface area contributed by atoms with Gasteiger partial charge in [0.25, 0.3) is 5.56 Å². The van der Waals surface area contributed by atoms with E-state index in [0.717, 1.165) is 0 Å². The molecule has 0 saturated carbocycles. The van der Waals surface area contributed by atoms with E-state index in [-0.39, 0.29) is 11.2 Å². The fourth-order valence-corrected chi connectivity index (χ4v) is 0.693. The van der Waals surface area contributed by atoms with Crippen LogP contribution in [0.25, 0.3) is 0 Å². The van der Waals surface area contributed by atoms with Gasteiger partial charge in [-0.15, -0.1) is 0 Å². The molecule has 0 radical (unpaired) electrons. The van der Waals surface area contributed by atoms with Crippen molar-refractivity contribution in [1.82, 2.24) is 19.9 Å². The van der Waals surface area contributed by atoms with Gasteiger partial charge < -0.3 is 9.97 Å². The molecular weight excluding hydrogens is 200 g/mol. The van der Waals surface area contributed by atoms with Crippen molar-refractivity contribution in [1.29, 1.82) is 0 Å². The molecule has 15 heavy (non-hydrogen) atoms. The van der Waals surface area contributed by atoms with Crippen LogP contribution in [0.3, 0.4) is 0 Å². The fraction of sp³-hybridized carbons (Fsp3) is 0. The first-order valence-corrected chi connectivity index (χ1v) is 3.96. The molecule has 0 aliphatic rings. The van der Waals surface area contributed by atoms with Crippen LogP contribution in [-0.4, -0.2) is 19.9 Å². The number of nitrogens with zero attached hydrogens (tertiary/aromatic N) is 1. The minimum Gasteiger partial charge on any atom is -0.314 e. The zero-order chi connectivity index (χ0) is 11.1. The Hall–Kier alpha value is -2.44. The average Bonchev–Trinajstić information content (AvgIpc) is 2.19. The summed E-state index contributed by atoms with van der Waals surface area (Å²) in [5, 5.41) is 0. The normalized spacial score (nSPS) is 8.80. The first-order valence-electron chi connectivity index (χ1n) is 3.96. The SMILES string of the molecule is O=c1cc[nH]c(=O)[nH]1.O=c1nccc[nH]1. The number of aromatic amines is 3. The van der Waals surface area contributed by atoms with Crippen molar-refractivity contribution in [3.8, 4) is 0 Å². The highest BCUT2D eigenvalue weighted by molar-refractivity contribution is 4.77. The minimum absolute atomic E-state index is 0.303. The van der Waals surface area contributed by atoms with E-state index in [1.165, 1.54) is 24.7 Å². The lowest BCUT2D eigenvalue weighted by atomic mass is 10.7. The van der Waals surface area contributed by atoms with Gasteiger partial charge in [-0.3, -0.25) is 9.78 Å². The highest BCUT2D eigenvalue weighted by Crippen LogP contribution is 1.61. The summed E-state index contributed by atoms with van der Waals surface area (Å²) >= 11 is 0. The Labute approximate surface area is 82.9 Å². The molecule has 0 spiro atoms. The molecule has 0 bridgehead atoms. The van der Waals surface area contributed by atoms with E-state index < -0.39 is 5.69 Å². The molecule has 0 aliphatic carbocycles. The summed E-state index contributed by atoms with van der Waals surface area (Å²) in [5.74, 6) is 0. The van der Waals surface area contributed by atoms with Crippen LogP contribution in [0, 0.1) is 0 Å². The number of rotatable bonds is 0. The summed E-state index contributed by atoms with van der Waals surface area (Å²) in [6.07, 6.45) is 4.27. The summed E-state index contributed by atoms with van der Waals surface area (Å²) in [7, 11) is 0. The Morgan fingerprint density at radius 2 is 1.87 bits per heavy atom. The zero-order valence-corrected chi connectivity index (χ0v) is 7.56. The van der Waals surface area contributed by atoms with Gasteiger partial charge in [-0.05, 0) is 6.07 Å². The second-order valence-corrected chi connectivity index (χ2v) is 2.38. The van der Waals surface area contributed by atoms with Gasteiger partial charge in [-0.2, -0.15) is 0 Å². The maximum Gasteiger partial charge on any atom is 0.344 e. The zero-order valence-electron chi connectivity index (χ0n) is 7.56. The molecule has 2 heterocycles. The molecule has 0 unspecified atom stereocenters. The van der Waals surface area contributed by atoms with E-state index >= 15 is 0 Å². The predicted octanol–water partition coefficient (Wildman–Crippen LogP) is -1.17. The third-order valence-corrected chi connectivity index (χ3v) is 1.27. The van der Waals surface area contributed by atoms with Crippen molar-refractivity contribution in [2.75, 3.05) is 0 Å². The minimum atomic E-state index is -0.475. The molecule has 0 saturated heterocycles. The largest absolute Gasteiger partial charge is 0.344 e. The van der Waals surface area contributed by atoms with Crippen LogP contribution in [0.4, 0.5) is 0 Å². The Kier molecular flexibility index (Phi) is 3.78. The van der Waals surface area contributed by atoms with Gasteiger partial charge in [0.2, 0.25) is 0 Å². The summed E-state index contributed by atoms with van der Waals surface area (Å²) in [6.45, 7) is 0.